The lowest BCUT2D eigenvalue weighted by Crippen LogP contribution is -2.46. The molecule has 0 spiro atoms. The second-order valence-electron chi connectivity index (χ2n) is 5.04. The van der Waals surface area contributed by atoms with E-state index in [1.54, 1.807) is 0 Å². The van der Waals surface area contributed by atoms with E-state index in [1.165, 1.54) is 5.34 Å². The molecule has 0 radical (unpaired) electrons. The summed E-state index contributed by atoms with van der Waals surface area (Å²) in [5.74, 6) is -5.02. The van der Waals surface area contributed by atoms with Crippen LogP contribution in [0.25, 0.3) is 0 Å². The molecule has 4 atom stereocenters. The highest BCUT2D eigenvalue weighted by Gasteiger charge is 2.40. The molecule has 0 heterocycles. The summed E-state index contributed by atoms with van der Waals surface area (Å²) >= 11 is 0. The predicted octanol–water partition coefficient (Wildman–Crippen LogP) is -4.69. The quantitative estimate of drug-likeness (QED) is 0.117. The number of aliphatic hydroxyl groups excluding tert-OH is 6. The Labute approximate surface area is 156 Å². The fourth-order valence-corrected chi connectivity index (χ4v) is 1.39. The molecule has 0 aliphatic carbocycles. The lowest BCUT2D eigenvalue weighted by atomic mass is 9.96. The summed E-state index contributed by atoms with van der Waals surface area (Å²) in [7, 11) is 0. The largest absolute Gasteiger partial charge is 0.481 e. The molecule has 0 aromatic carbocycles. The van der Waals surface area contributed by atoms with Gasteiger partial charge in [-0.2, -0.15) is 0 Å². The maximum atomic E-state index is 10.3. The minimum atomic E-state index is -2.74. The van der Waals surface area contributed by atoms with Crippen LogP contribution >= 0.6 is 0 Å². The van der Waals surface area contributed by atoms with Crippen LogP contribution in [0.5, 0.6) is 0 Å². The fourth-order valence-electron chi connectivity index (χ4n) is 1.39. The zero-order chi connectivity index (χ0) is 23.1. The van der Waals surface area contributed by atoms with Crippen molar-refractivity contribution in [3.63, 3.8) is 0 Å². The van der Waals surface area contributed by atoms with Gasteiger partial charge in [0.2, 0.25) is 0 Å². The number of carbonyl (C=O) groups is 3. The average Bonchev–Trinajstić information content (AvgIpc) is 2.58. The molecule has 0 saturated heterocycles. The van der Waals surface area contributed by atoms with Gasteiger partial charge in [0.05, 0.1) is 26.1 Å². The van der Waals surface area contributed by atoms with Crippen molar-refractivity contribution in [2.45, 2.75) is 42.9 Å². The van der Waals surface area contributed by atoms with Crippen LogP contribution in [0.15, 0.2) is 5.34 Å². The monoisotopic (exact) mass is 421 g/mol. The van der Waals surface area contributed by atoms with Gasteiger partial charge in [0, 0.05) is 0 Å². The van der Waals surface area contributed by atoms with E-state index >= 15 is 0 Å². The summed E-state index contributed by atoms with van der Waals surface area (Å²) in [6.07, 6.45) is -8.68. The summed E-state index contributed by atoms with van der Waals surface area (Å²) < 4.78 is 0. The zero-order valence-electron chi connectivity index (χ0n) is 14.1. The summed E-state index contributed by atoms with van der Waals surface area (Å²) in [5, 5.41) is 93.9. The van der Waals surface area contributed by atoms with Crippen molar-refractivity contribution in [3.05, 3.63) is 4.91 Å². The summed E-state index contributed by atoms with van der Waals surface area (Å²) in [6.45, 7) is -1.45. The Morgan fingerprint density at radius 2 is 1.04 bits per heavy atom. The topological polar surface area (TPSA) is 303 Å². The maximum absolute atomic E-state index is 10.3. The minimum Gasteiger partial charge on any atom is -0.481 e. The predicted molar refractivity (Wildman–Crippen MR) is 82.9 cm³/mol. The molecule has 0 fully saturated rings. The minimum absolute atomic E-state index is 0.726. The smallest absolute Gasteiger partial charge is 0.336 e. The van der Waals surface area contributed by atoms with Crippen molar-refractivity contribution >= 4 is 17.9 Å². The highest BCUT2D eigenvalue weighted by atomic mass is 16.6. The van der Waals surface area contributed by atoms with E-state index in [0.717, 1.165) is 0 Å². The molecule has 16 nitrogen and oxygen atoms in total. The molecule has 0 aliphatic heterocycles. The van der Waals surface area contributed by atoms with Crippen LogP contribution in [-0.2, 0) is 14.4 Å². The van der Waals surface area contributed by atoms with E-state index < -0.39 is 74.0 Å². The number of hydrogen-bond donors (Lipinski definition) is 11. The lowest BCUT2D eigenvalue weighted by Gasteiger charge is -2.24. The first kappa shape index (κ1) is 30.3. The van der Waals surface area contributed by atoms with Gasteiger partial charge in [0.25, 0.3) is 0 Å². The number of hydrogen-bond acceptors (Lipinski definition) is 12. The van der Waals surface area contributed by atoms with Crippen molar-refractivity contribution in [3.8, 4) is 0 Å². The number of aliphatic carboxylic acids is 3. The van der Waals surface area contributed by atoms with Crippen molar-refractivity contribution in [2.75, 3.05) is 13.2 Å². The number of nitrogens with zero attached hydrogens (tertiary/aromatic N) is 1. The zero-order valence-corrected chi connectivity index (χ0v) is 14.1. The van der Waals surface area contributed by atoms with Gasteiger partial charge in [-0.1, -0.05) is 0 Å². The Hall–Kier alpha value is -2.47. The van der Waals surface area contributed by atoms with Crippen molar-refractivity contribution < 1.29 is 70.7 Å². The van der Waals surface area contributed by atoms with Gasteiger partial charge in [-0.3, -0.25) is 9.59 Å². The molecular weight excluding hydrogens is 398 g/mol. The Morgan fingerprint density at radius 1 is 0.786 bits per heavy atom. The van der Waals surface area contributed by atoms with E-state index in [9.17, 15) is 14.4 Å². The summed E-state index contributed by atoms with van der Waals surface area (Å²) in [4.78, 5) is 38.6. The van der Waals surface area contributed by atoms with Crippen molar-refractivity contribution in [1.29, 1.82) is 0 Å². The first-order valence-electron chi connectivity index (χ1n) is 7.04. The molecule has 0 bridgehead atoms. The summed E-state index contributed by atoms with van der Waals surface area (Å²) in [6, 6.07) is 0. The van der Waals surface area contributed by atoms with Crippen LogP contribution in [0.1, 0.15) is 12.8 Å². The first-order chi connectivity index (χ1) is 12.7. The van der Waals surface area contributed by atoms with E-state index in [1.807, 2.05) is 0 Å². The van der Waals surface area contributed by atoms with Crippen molar-refractivity contribution in [2.24, 2.45) is 5.34 Å². The molecule has 16 heteroatoms. The van der Waals surface area contributed by atoms with Gasteiger partial charge >= 0.3 is 17.9 Å². The molecule has 0 aromatic heterocycles. The molecule has 166 valence electrons. The molecule has 0 rings (SSSR count). The Bertz CT molecular complexity index is 454. The molecule has 0 saturated carbocycles. The van der Waals surface area contributed by atoms with Gasteiger partial charge in [-0.05, 0) is 0 Å². The van der Waals surface area contributed by atoms with Crippen molar-refractivity contribution in [1.82, 2.24) is 0 Å². The van der Waals surface area contributed by atoms with Crippen LogP contribution in [-0.4, -0.2) is 117 Å². The van der Waals surface area contributed by atoms with E-state index in [2.05, 4.69) is 0 Å². The van der Waals surface area contributed by atoms with Gasteiger partial charge in [0.1, 0.15) is 24.4 Å². The van der Waals surface area contributed by atoms with Gasteiger partial charge in [0.15, 0.2) is 10.9 Å². The SMILES string of the molecule is O=C(O)CC(O)(CC(=O)O)C(=O)O.O=NO.OCC(O)C(O)C(O)C(O)CO. The van der Waals surface area contributed by atoms with Gasteiger partial charge in [-0.25, -0.2) is 4.79 Å². The molecule has 0 aromatic rings. The normalized spacial score (nSPS) is 14.7. The third kappa shape index (κ3) is 13.7. The van der Waals surface area contributed by atoms with E-state index in [0.29, 0.717) is 0 Å². The number of carboxylic acids is 3. The Morgan fingerprint density at radius 3 is 1.18 bits per heavy atom. The molecule has 11 N–H and O–H groups in total. The summed E-state index contributed by atoms with van der Waals surface area (Å²) in [5.41, 5.74) is -2.74. The highest BCUT2D eigenvalue weighted by molar-refractivity contribution is 5.88. The number of carboxylic acid groups (broad SMARTS) is 3. The van der Waals surface area contributed by atoms with Crippen LogP contribution in [0.2, 0.25) is 0 Å². The third-order valence-electron chi connectivity index (χ3n) is 2.80. The first-order valence-corrected chi connectivity index (χ1v) is 7.04. The lowest BCUT2D eigenvalue weighted by molar-refractivity contribution is -0.170. The maximum Gasteiger partial charge on any atom is 0.336 e. The fraction of sp³-hybridized carbons (Fsp3) is 0.750. The van der Waals surface area contributed by atoms with Crippen LogP contribution in [0.3, 0.4) is 0 Å². The molecule has 4 unspecified atom stereocenters. The number of rotatable bonds is 10. The standard InChI is InChI=1S/C6H8O7.C6H14O6.HNO2/c7-3(8)1-6(13,5(11)12)2-4(9)10;7-1-3(9)5(11)6(12)4(10)2-8;2-1-3/h13H,1-2H2,(H,7,8)(H,9,10)(H,11,12);3-12H,1-2H2;(H,2,3). The van der Waals surface area contributed by atoms with Crippen LogP contribution < -0.4 is 0 Å². The molecule has 0 amide bonds. The second-order valence-corrected chi connectivity index (χ2v) is 5.04. The van der Waals surface area contributed by atoms with Gasteiger partial charge < -0.3 is 56.3 Å². The average molecular weight is 421 g/mol. The van der Waals surface area contributed by atoms with E-state index in [-0.39, 0.29) is 0 Å². The number of aliphatic hydroxyl groups is 7. The van der Waals surface area contributed by atoms with Crippen LogP contribution in [0, 0.1) is 4.91 Å². The molecule has 0 aliphatic rings. The van der Waals surface area contributed by atoms with E-state index in [4.69, 9.17) is 61.2 Å². The highest BCUT2D eigenvalue weighted by Crippen LogP contribution is 2.15. The van der Waals surface area contributed by atoms with Crippen LogP contribution in [0.4, 0.5) is 0 Å². The third-order valence-corrected chi connectivity index (χ3v) is 2.80. The second kappa shape index (κ2) is 15.6. The Balaban J connectivity index is -0.000000392. The molecular formula is C12H23NO15. The van der Waals surface area contributed by atoms with Gasteiger partial charge in [-0.15, -0.1) is 4.91 Å². The molecule has 28 heavy (non-hydrogen) atoms. The Kier molecular flexibility index (Phi) is 16.8.